The van der Waals surface area contributed by atoms with Crippen LogP contribution in [-0.2, 0) is 5.41 Å². The molecule has 0 atom stereocenters. The Kier molecular flexibility index (Phi) is 5.52. The van der Waals surface area contributed by atoms with Crippen molar-refractivity contribution < 1.29 is 0 Å². The lowest BCUT2D eigenvalue weighted by Crippen LogP contribution is -2.28. The standard InChI is InChI=1S/C37H27I/c1-24-10-16-28(17-11-24)37(29-18-12-25(2)13-19-29)35-9-4-3-7-32(35)33-21-15-27(22-36(33)37)31-8-5-6-26-14-20-30(38)23-34(26)31/h3-23H,1-2H3. The molecule has 7 rings (SSSR count). The van der Waals surface area contributed by atoms with Gasteiger partial charge in [0.15, 0.2) is 0 Å². The molecule has 0 aromatic heterocycles. The normalized spacial score (nSPS) is 13.3. The molecular formula is C37H27I. The molecule has 1 aliphatic rings. The Morgan fingerprint density at radius 1 is 0.500 bits per heavy atom. The highest BCUT2D eigenvalue weighted by molar-refractivity contribution is 14.1. The van der Waals surface area contributed by atoms with E-state index in [1.54, 1.807) is 0 Å². The number of halogens is 1. The molecule has 0 unspecified atom stereocenters. The first kappa shape index (κ1) is 23.4. The van der Waals surface area contributed by atoms with Gasteiger partial charge in [0.05, 0.1) is 5.41 Å². The predicted octanol–water partition coefficient (Wildman–Crippen LogP) is 10.1. The molecule has 0 aliphatic heterocycles. The number of rotatable bonds is 3. The van der Waals surface area contributed by atoms with Gasteiger partial charge in [0.1, 0.15) is 0 Å². The highest BCUT2D eigenvalue weighted by Crippen LogP contribution is 2.56. The van der Waals surface area contributed by atoms with Crippen molar-refractivity contribution in [1.82, 2.24) is 0 Å². The van der Waals surface area contributed by atoms with Crippen molar-refractivity contribution in [2.45, 2.75) is 19.3 Å². The largest absolute Gasteiger partial charge is 0.0713 e. The summed E-state index contributed by atoms with van der Waals surface area (Å²) in [6.45, 7) is 4.33. The van der Waals surface area contributed by atoms with Crippen LogP contribution in [0.1, 0.15) is 33.4 Å². The molecule has 6 aromatic carbocycles. The highest BCUT2D eigenvalue weighted by atomic mass is 127. The maximum atomic E-state index is 2.46. The van der Waals surface area contributed by atoms with Crippen molar-refractivity contribution in [3.8, 4) is 22.3 Å². The summed E-state index contributed by atoms with van der Waals surface area (Å²) in [5.74, 6) is 0. The van der Waals surface area contributed by atoms with Gasteiger partial charge in [-0.15, -0.1) is 0 Å². The zero-order valence-electron chi connectivity index (χ0n) is 21.5. The summed E-state index contributed by atoms with van der Waals surface area (Å²) in [5, 5.41) is 2.57. The Balaban J connectivity index is 1.58. The second kappa shape index (κ2) is 8.96. The monoisotopic (exact) mass is 598 g/mol. The first-order chi connectivity index (χ1) is 18.6. The van der Waals surface area contributed by atoms with Crippen LogP contribution in [0, 0.1) is 17.4 Å². The van der Waals surface area contributed by atoms with Gasteiger partial charge in [0, 0.05) is 3.57 Å². The maximum absolute atomic E-state index is 2.46. The quantitative estimate of drug-likeness (QED) is 0.178. The van der Waals surface area contributed by atoms with Crippen LogP contribution in [0.15, 0.2) is 127 Å². The number of hydrogen-bond donors (Lipinski definition) is 0. The second-order valence-corrected chi connectivity index (χ2v) is 11.7. The number of hydrogen-bond acceptors (Lipinski definition) is 0. The molecule has 0 saturated carbocycles. The highest BCUT2D eigenvalue weighted by Gasteiger charge is 2.46. The molecule has 38 heavy (non-hydrogen) atoms. The third kappa shape index (κ3) is 3.49. The van der Waals surface area contributed by atoms with Gasteiger partial charge in [-0.25, -0.2) is 0 Å². The van der Waals surface area contributed by atoms with Crippen molar-refractivity contribution in [3.63, 3.8) is 0 Å². The Morgan fingerprint density at radius 3 is 1.84 bits per heavy atom. The summed E-state index contributed by atoms with van der Waals surface area (Å²) in [7, 11) is 0. The molecule has 182 valence electrons. The molecule has 0 saturated heterocycles. The summed E-state index contributed by atoms with van der Waals surface area (Å²) >= 11 is 2.42. The van der Waals surface area contributed by atoms with E-state index in [9.17, 15) is 0 Å². The average molecular weight is 599 g/mol. The van der Waals surface area contributed by atoms with Gasteiger partial charge in [-0.2, -0.15) is 0 Å². The molecular weight excluding hydrogens is 571 g/mol. The summed E-state index contributed by atoms with van der Waals surface area (Å²) in [4.78, 5) is 0. The molecule has 1 aliphatic carbocycles. The van der Waals surface area contributed by atoms with Crippen molar-refractivity contribution in [2.24, 2.45) is 0 Å². The van der Waals surface area contributed by atoms with Crippen molar-refractivity contribution in [2.75, 3.05) is 0 Å². The Hall–Kier alpha value is -3.69. The predicted molar refractivity (Wildman–Crippen MR) is 169 cm³/mol. The molecule has 0 bridgehead atoms. The first-order valence-corrected chi connectivity index (χ1v) is 14.2. The average Bonchev–Trinajstić information content (AvgIpc) is 3.24. The summed E-state index contributed by atoms with van der Waals surface area (Å²) < 4.78 is 1.25. The Bertz CT molecular complexity index is 1780. The molecule has 0 N–H and O–H groups in total. The van der Waals surface area contributed by atoms with Crippen molar-refractivity contribution in [3.05, 3.63) is 164 Å². The Morgan fingerprint density at radius 2 is 1.13 bits per heavy atom. The minimum absolute atomic E-state index is 0.387. The van der Waals surface area contributed by atoms with Crippen LogP contribution in [0.2, 0.25) is 0 Å². The van der Waals surface area contributed by atoms with E-state index in [0.29, 0.717) is 0 Å². The van der Waals surface area contributed by atoms with Crippen LogP contribution >= 0.6 is 22.6 Å². The summed E-state index contributed by atoms with van der Waals surface area (Å²) in [6, 6.07) is 47.8. The third-order valence-electron chi connectivity index (χ3n) is 8.17. The van der Waals surface area contributed by atoms with Crippen LogP contribution in [0.3, 0.4) is 0 Å². The first-order valence-electron chi connectivity index (χ1n) is 13.1. The lowest BCUT2D eigenvalue weighted by atomic mass is 9.67. The lowest BCUT2D eigenvalue weighted by Gasteiger charge is -2.34. The zero-order valence-corrected chi connectivity index (χ0v) is 23.7. The van der Waals surface area contributed by atoms with Crippen LogP contribution in [0.4, 0.5) is 0 Å². The van der Waals surface area contributed by atoms with Crippen LogP contribution in [0.25, 0.3) is 33.0 Å². The van der Waals surface area contributed by atoms with Crippen LogP contribution in [-0.4, -0.2) is 0 Å². The van der Waals surface area contributed by atoms with Gasteiger partial charge in [-0.05, 0) is 110 Å². The fourth-order valence-corrected chi connectivity index (χ4v) is 6.83. The fraction of sp³-hybridized carbons (Fsp3) is 0.0811. The van der Waals surface area contributed by atoms with Gasteiger partial charge in [0.2, 0.25) is 0 Å². The lowest BCUT2D eigenvalue weighted by molar-refractivity contribution is 0.768. The molecule has 0 radical (unpaired) electrons. The van der Waals surface area contributed by atoms with Gasteiger partial charge in [-0.3, -0.25) is 0 Å². The summed E-state index contributed by atoms with van der Waals surface area (Å²) in [6.07, 6.45) is 0. The molecule has 6 aromatic rings. The van der Waals surface area contributed by atoms with Crippen LogP contribution < -0.4 is 0 Å². The van der Waals surface area contributed by atoms with E-state index < -0.39 is 0 Å². The van der Waals surface area contributed by atoms with E-state index in [1.807, 2.05) is 0 Å². The number of aryl methyl sites for hydroxylation is 2. The number of benzene rings is 6. The minimum Gasteiger partial charge on any atom is -0.0619 e. The van der Waals surface area contributed by atoms with Gasteiger partial charge in [-0.1, -0.05) is 120 Å². The SMILES string of the molecule is Cc1ccc(C2(c3ccc(C)cc3)c3ccccc3-c3ccc(-c4cccc5ccc(I)cc45)cc32)cc1. The van der Waals surface area contributed by atoms with E-state index in [2.05, 4.69) is 164 Å². The van der Waals surface area contributed by atoms with E-state index in [4.69, 9.17) is 0 Å². The Labute approximate surface area is 238 Å². The van der Waals surface area contributed by atoms with Crippen molar-refractivity contribution in [1.29, 1.82) is 0 Å². The summed E-state index contributed by atoms with van der Waals surface area (Å²) in [5.41, 5.74) is 12.7. The van der Waals surface area contributed by atoms with Gasteiger partial charge >= 0.3 is 0 Å². The van der Waals surface area contributed by atoms with Gasteiger partial charge < -0.3 is 0 Å². The van der Waals surface area contributed by atoms with Gasteiger partial charge in [0.25, 0.3) is 0 Å². The molecule has 0 spiro atoms. The molecule has 1 heteroatoms. The smallest absolute Gasteiger partial charge is 0.0619 e. The minimum atomic E-state index is -0.387. The molecule has 0 heterocycles. The molecule has 0 nitrogen and oxygen atoms in total. The van der Waals surface area contributed by atoms with Crippen LogP contribution in [0.5, 0.6) is 0 Å². The number of fused-ring (bicyclic) bond motifs is 4. The van der Waals surface area contributed by atoms with E-state index >= 15 is 0 Å². The van der Waals surface area contributed by atoms with E-state index in [-0.39, 0.29) is 5.41 Å². The zero-order chi connectivity index (χ0) is 25.9. The fourth-order valence-electron chi connectivity index (χ4n) is 6.34. The van der Waals surface area contributed by atoms with E-state index in [1.165, 1.54) is 70.0 Å². The third-order valence-corrected chi connectivity index (χ3v) is 8.84. The molecule has 0 amide bonds. The second-order valence-electron chi connectivity index (χ2n) is 10.5. The van der Waals surface area contributed by atoms with Crippen molar-refractivity contribution >= 4 is 33.4 Å². The topological polar surface area (TPSA) is 0 Å². The van der Waals surface area contributed by atoms with E-state index in [0.717, 1.165) is 0 Å². The maximum Gasteiger partial charge on any atom is 0.0713 e. The molecule has 0 fully saturated rings.